The number of halogens is 2. The summed E-state index contributed by atoms with van der Waals surface area (Å²) in [5.74, 6) is -0.510. The number of amides is 1. The van der Waals surface area contributed by atoms with Crippen molar-refractivity contribution in [2.45, 2.75) is 25.9 Å². The van der Waals surface area contributed by atoms with Gasteiger partial charge in [0.15, 0.2) is 5.69 Å². The lowest BCUT2D eigenvalue weighted by atomic mass is 10.2. The van der Waals surface area contributed by atoms with Crippen LogP contribution in [0.5, 0.6) is 0 Å². The van der Waals surface area contributed by atoms with Gasteiger partial charge in [0.2, 0.25) is 0 Å². The fourth-order valence-corrected chi connectivity index (χ4v) is 2.75. The number of carbonyl (C=O) groups excluding carboxylic acids is 1. The predicted octanol–water partition coefficient (Wildman–Crippen LogP) is 2.55. The van der Waals surface area contributed by atoms with E-state index < -0.39 is 18.4 Å². The molecule has 3 aromatic rings. The molecule has 1 N–H and O–H groups in total. The minimum absolute atomic E-state index is 0.0275. The van der Waals surface area contributed by atoms with Crippen molar-refractivity contribution in [3.05, 3.63) is 47.2 Å². The molecule has 0 aliphatic carbocycles. The topological polar surface area (TPSA) is 85.6 Å². The van der Waals surface area contributed by atoms with Crippen LogP contribution in [0.1, 0.15) is 28.5 Å². The monoisotopic (exact) mass is 364 g/mol. The van der Waals surface area contributed by atoms with Gasteiger partial charge < -0.3 is 5.32 Å². The molecule has 0 aliphatic rings. The van der Waals surface area contributed by atoms with Crippen LogP contribution in [0.15, 0.2) is 36.5 Å². The molecule has 25 heavy (non-hydrogen) atoms. The minimum atomic E-state index is -2.59. The van der Waals surface area contributed by atoms with E-state index in [2.05, 4.69) is 25.8 Å². The van der Waals surface area contributed by atoms with Gasteiger partial charge in [-0.2, -0.15) is 0 Å². The van der Waals surface area contributed by atoms with Crippen LogP contribution in [0.25, 0.3) is 10.6 Å². The molecule has 7 nitrogen and oxygen atoms in total. The van der Waals surface area contributed by atoms with Crippen LogP contribution in [-0.2, 0) is 6.54 Å². The zero-order valence-electron chi connectivity index (χ0n) is 13.1. The highest BCUT2D eigenvalue weighted by atomic mass is 32.1. The summed E-state index contributed by atoms with van der Waals surface area (Å²) in [5.41, 5.74) is 0.918. The van der Waals surface area contributed by atoms with Crippen molar-refractivity contribution in [1.82, 2.24) is 30.5 Å². The third-order valence-corrected chi connectivity index (χ3v) is 4.38. The molecule has 0 saturated carbocycles. The van der Waals surface area contributed by atoms with Gasteiger partial charge in [0.25, 0.3) is 12.3 Å². The van der Waals surface area contributed by atoms with Gasteiger partial charge in [0, 0.05) is 5.56 Å². The second kappa shape index (κ2) is 7.43. The highest BCUT2D eigenvalue weighted by Crippen LogP contribution is 2.22. The van der Waals surface area contributed by atoms with E-state index in [0.29, 0.717) is 5.01 Å². The minimum Gasteiger partial charge on any atom is -0.344 e. The molecule has 0 aliphatic heterocycles. The standard InChI is InChI=1S/C15H14F2N6OS/c1-9(13(16)17)23-8-11(19-22-23)14(24)18-7-12-20-21-15(25-12)10-5-3-2-4-6-10/h2-6,8-9,13H,7H2,1H3,(H,18,24)/t9-/m0/s1. The van der Waals surface area contributed by atoms with E-state index in [-0.39, 0.29) is 12.2 Å². The van der Waals surface area contributed by atoms with Gasteiger partial charge in [0.05, 0.1) is 12.7 Å². The quantitative estimate of drug-likeness (QED) is 0.726. The maximum absolute atomic E-state index is 12.6. The number of nitrogens with zero attached hydrogens (tertiary/aromatic N) is 5. The molecular formula is C15H14F2N6OS. The number of aromatic nitrogens is 5. The molecule has 3 rings (SSSR count). The Bertz CT molecular complexity index is 851. The molecule has 0 spiro atoms. The lowest BCUT2D eigenvalue weighted by molar-refractivity contribution is 0.0843. The molecule has 130 valence electrons. The number of carbonyl (C=O) groups is 1. The first kappa shape index (κ1) is 17.1. The zero-order chi connectivity index (χ0) is 17.8. The van der Waals surface area contributed by atoms with Crippen LogP contribution in [0, 0.1) is 0 Å². The van der Waals surface area contributed by atoms with Crippen molar-refractivity contribution in [2.75, 3.05) is 0 Å². The number of hydrogen-bond donors (Lipinski definition) is 1. The normalized spacial score (nSPS) is 12.3. The summed E-state index contributed by atoms with van der Waals surface area (Å²) in [6.45, 7) is 1.47. The van der Waals surface area contributed by atoms with Crippen LogP contribution < -0.4 is 5.32 Å². The summed E-state index contributed by atoms with van der Waals surface area (Å²) in [6, 6.07) is 8.42. The van der Waals surface area contributed by atoms with Crippen molar-refractivity contribution >= 4 is 17.2 Å². The summed E-state index contributed by atoms with van der Waals surface area (Å²) >= 11 is 1.36. The summed E-state index contributed by atoms with van der Waals surface area (Å²) < 4.78 is 26.2. The molecule has 1 atom stereocenters. The Kier molecular flexibility index (Phi) is 5.08. The van der Waals surface area contributed by atoms with E-state index in [1.165, 1.54) is 24.5 Å². The fraction of sp³-hybridized carbons (Fsp3) is 0.267. The Morgan fingerprint density at radius 2 is 2.00 bits per heavy atom. The molecule has 1 aromatic carbocycles. The van der Waals surface area contributed by atoms with Gasteiger partial charge in [-0.05, 0) is 6.92 Å². The van der Waals surface area contributed by atoms with Crippen LogP contribution in [0.4, 0.5) is 8.78 Å². The smallest absolute Gasteiger partial charge is 0.273 e. The highest BCUT2D eigenvalue weighted by molar-refractivity contribution is 7.14. The van der Waals surface area contributed by atoms with Crippen molar-refractivity contribution in [1.29, 1.82) is 0 Å². The maximum atomic E-state index is 12.6. The summed E-state index contributed by atoms with van der Waals surface area (Å²) in [4.78, 5) is 12.0. The van der Waals surface area contributed by atoms with Crippen molar-refractivity contribution in [2.24, 2.45) is 0 Å². The number of benzene rings is 1. The lowest BCUT2D eigenvalue weighted by Gasteiger charge is -2.08. The van der Waals surface area contributed by atoms with E-state index in [9.17, 15) is 13.6 Å². The van der Waals surface area contributed by atoms with Crippen LogP contribution >= 0.6 is 11.3 Å². The maximum Gasteiger partial charge on any atom is 0.273 e. The Morgan fingerprint density at radius 3 is 2.72 bits per heavy atom. The summed E-state index contributed by atoms with van der Waals surface area (Å²) in [6.07, 6.45) is -1.39. The van der Waals surface area contributed by atoms with Gasteiger partial charge >= 0.3 is 0 Å². The van der Waals surface area contributed by atoms with E-state index in [4.69, 9.17) is 0 Å². The van der Waals surface area contributed by atoms with Gasteiger partial charge in [0.1, 0.15) is 16.1 Å². The third kappa shape index (κ3) is 4.02. The van der Waals surface area contributed by atoms with E-state index in [1.54, 1.807) is 0 Å². The third-order valence-electron chi connectivity index (χ3n) is 3.41. The SMILES string of the molecule is C[C@@H](C(F)F)n1cc(C(=O)NCc2nnc(-c3ccccc3)s2)nn1. The van der Waals surface area contributed by atoms with Crippen molar-refractivity contribution < 1.29 is 13.6 Å². The summed E-state index contributed by atoms with van der Waals surface area (Å²) in [5, 5.41) is 19.3. The van der Waals surface area contributed by atoms with Crippen LogP contribution in [0.2, 0.25) is 0 Å². The van der Waals surface area contributed by atoms with E-state index >= 15 is 0 Å². The number of hydrogen-bond acceptors (Lipinski definition) is 6. The largest absolute Gasteiger partial charge is 0.344 e. The van der Waals surface area contributed by atoms with Crippen molar-refractivity contribution in [3.63, 3.8) is 0 Å². The second-order valence-electron chi connectivity index (χ2n) is 5.21. The predicted molar refractivity (Wildman–Crippen MR) is 87.3 cm³/mol. The first-order valence-electron chi connectivity index (χ1n) is 7.40. The Balaban J connectivity index is 1.60. The Morgan fingerprint density at radius 1 is 1.24 bits per heavy atom. The van der Waals surface area contributed by atoms with E-state index in [0.717, 1.165) is 15.3 Å². The van der Waals surface area contributed by atoms with Crippen LogP contribution in [-0.4, -0.2) is 37.5 Å². The Labute approximate surface area is 145 Å². The molecule has 10 heteroatoms. The summed E-state index contributed by atoms with van der Waals surface area (Å²) in [7, 11) is 0. The molecule has 0 radical (unpaired) electrons. The number of nitrogens with one attached hydrogen (secondary N) is 1. The van der Waals surface area contributed by atoms with Gasteiger partial charge in [-0.3, -0.25) is 4.79 Å². The van der Waals surface area contributed by atoms with Gasteiger partial charge in [-0.25, -0.2) is 13.5 Å². The average molecular weight is 364 g/mol. The lowest BCUT2D eigenvalue weighted by Crippen LogP contribution is -2.23. The average Bonchev–Trinajstić information content (AvgIpc) is 3.29. The number of rotatable bonds is 6. The second-order valence-corrected chi connectivity index (χ2v) is 6.27. The van der Waals surface area contributed by atoms with Gasteiger partial charge in [-0.1, -0.05) is 46.9 Å². The first-order chi connectivity index (χ1) is 12.0. The molecule has 1 amide bonds. The van der Waals surface area contributed by atoms with Crippen molar-refractivity contribution in [3.8, 4) is 10.6 Å². The highest BCUT2D eigenvalue weighted by Gasteiger charge is 2.20. The van der Waals surface area contributed by atoms with Gasteiger partial charge in [-0.15, -0.1) is 15.3 Å². The molecule has 0 bridgehead atoms. The molecule has 0 saturated heterocycles. The molecule has 0 fully saturated rings. The Hall–Kier alpha value is -2.75. The fourth-order valence-electron chi connectivity index (χ4n) is 1.96. The molecular weight excluding hydrogens is 350 g/mol. The first-order valence-corrected chi connectivity index (χ1v) is 8.22. The van der Waals surface area contributed by atoms with E-state index in [1.807, 2.05) is 30.3 Å². The molecule has 2 aromatic heterocycles. The van der Waals surface area contributed by atoms with Crippen LogP contribution in [0.3, 0.4) is 0 Å². The molecule has 2 heterocycles. The number of alkyl halides is 2. The zero-order valence-corrected chi connectivity index (χ0v) is 14.0. The molecule has 0 unspecified atom stereocenters.